The minimum Gasteiger partial charge on any atom is -0.368 e. The van der Waals surface area contributed by atoms with E-state index in [9.17, 15) is 19.2 Å². The molecule has 260 valence electrons. The summed E-state index contributed by atoms with van der Waals surface area (Å²) in [6, 6.07) is 0. The number of amides is 2. The fourth-order valence-electron chi connectivity index (χ4n) is 8.19. The Morgan fingerprint density at radius 3 is 1.09 bits per heavy atom. The monoisotopic (exact) mass is 646 g/mol. The lowest BCUT2D eigenvalue weighted by atomic mass is 9.81. The second-order valence-electron chi connectivity index (χ2n) is 14.5. The highest BCUT2D eigenvalue weighted by molar-refractivity contribution is 5.79. The zero-order chi connectivity index (χ0) is 32.5. The zero-order valence-electron chi connectivity index (χ0n) is 27.8. The maximum Gasteiger partial charge on any atom is 0.328 e. The van der Waals surface area contributed by atoms with Crippen LogP contribution >= 0.6 is 0 Å². The molecule has 2 saturated heterocycles. The van der Waals surface area contributed by atoms with Crippen molar-refractivity contribution in [2.24, 2.45) is 47.0 Å². The molecular weight excluding hydrogens is 588 g/mol. The van der Waals surface area contributed by atoms with Gasteiger partial charge in [-0.25, -0.2) is 0 Å². The highest BCUT2D eigenvalue weighted by atomic mass is 16.7. The first-order valence-corrected chi connectivity index (χ1v) is 18.3. The van der Waals surface area contributed by atoms with Crippen molar-refractivity contribution in [3.8, 4) is 0 Å². The van der Waals surface area contributed by atoms with Gasteiger partial charge in [-0.3, -0.25) is 19.2 Å². The Morgan fingerprint density at radius 2 is 0.783 bits per heavy atom. The van der Waals surface area contributed by atoms with Gasteiger partial charge in [-0.2, -0.15) is 0 Å². The summed E-state index contributed by atoms with van der Waals surface area (Å²) in [5.74, 6) is 1.05. The maximum atomic E-state index is 13.0. The molecule has 46 heavy (non-hydrogen) atoms. The van der Waals surface area contributed by atoms with Crippen LogP contribution in [0.1, 0.15) is 89.9 Å². The van der Waals surface area contributed by atoms with Gasteiger partial charge < -0.3 is 30.9 Å². The summed E-state index contributed by atoms with van der Waals surface area (Å²) < 4.78 is 0. The van der Waals surface area contributed by atoms with Crippen molar-refractivity contribution in [3.05, 3.63) is 0 Å². The first-order valence-electron chi connectivity index (χ1n) is 18.3. The summed E-state index contributed by atoms with van der Waals surface area (Å²) >= 11 is 0. The van der Waals surface area contributed by atoms with Gasteiger partial charge in [0.25, 0.3) is 0 Å². The van der Waals surface area contributed by atoms with Crippen LogP contribution in [0, 0.1) is 35.5 Å². The highest BCUT2D eigenvalue weighted by Gasteiger charge is 2.35. The van der Waals surface area contributed by atoms with Crippen LogP contribution in [0.15, 0.2) is 0 Å². The van der Waals surface area contributed by atoms with Crippen molar-refractivity contribution in [3.63, 3.8) is 0 Å². The third-order valence-electron chi connectivity index (χ3n) is 11.5. The molecule has 0 spiro atoms. The molecule has 0 aromatic heterocycles. The lowest BCUT2D eigenvalue weighted by Crippen LogP contribution is -2.51. The van der Waals surface area contributed by atoms with E-state index in [0.29, 0.717) is 103 Å². The molecule has 0 bridgehead atoms. The summed E-state index contributed by atoms with van der Waals surface area (Å²) in [6.07, 6.45) is 12.1. The Morgan fingerprint density at radius 1 is 0.457 bits per heavy atom. The minimum atomic E-state index is -0.194. The molecule has 5 rings (SSSR count). The van der Waals surface area contributed by atoms with E-state index in [2.05, 4.69) is 0 Å². The van der Waals surface area contributed by atoms with Gasteiger partial charge >= 0.3 is 11.9 Å². The summed E-state index contributed by atoms with van der Waals surface area (Å²) in [6.45, 7) is 5.89. The van der Waals surface area contributed by atoms with Crippen LogP contribution in [0.4, 0.5) is 0 Å². The molecule has 5 aliphatic rings. The van der Waals surface area contributed by atoms with Crippen LogP contribution in [-0.4, -0.2) is 109 Å². The average Bonchev–Trinajstić information content (AvgIpc) is 3.08. The molecule has 2 aliphatic heterocycles. The molecule has 0 atom stereocenters. The van der Waals surface area contributed by atoms with Gasteiger partial charge in [0.2, 0.25) is 11.8 Å². The van der Waals surface area contributed by atoms with Gasteiger partial charge in [-0.1, -0.05) is 12.8 Å². The number of carbonyl (C=O) groups excluding carboxylic acids is 4. The van der Waals surface area contributed by atoms with Gasteiger partial charge in [0.15, 0.2) is 0 Å². The fourth-order valence-corrected chi connectivity index (χ4v) is 8.19. The van der Waals surface area contributed by atoms with Crippen LogP contribution in [-0.2, 0) is 28.9 Å². The number of piperazine rings is 2. The second kappa shape index (κ2) is 17.2. The zero-order valence-corrected chi connectivity index (χ0v) is 27.8. The average molecular weight is 647 g/mol. The summed E-state index contributed by atoms with van der Waals surface area (Å²) in [4.78, 5) is 67.6. The predicted molar refractivity (Wildman–Crippen MR) is 172 cm³/mol. The molecule has 12 nitrogen and oxygen atoms in total. The van der Waals surface area contributed by atoms with E-state index in [4.69, 9.17) is 21.1 Å². The van der Waals surface area contributed by atoms with E-state index in [1.54, 1.807) is 10.1 Å². The molecule has 3 saturated carbocycles. The number of hydroxylamine groups is 4. The standard InChI is InChI=1S/C34H58N6O6/c35-23-25-7-11-27(12-8-25)31(41)37-15-19-39(20-16-37)45-33(43)29-3-1-4-30(6-2-5-29)34(44)46-40-21-17-38(18-22-40)32(42)28-13-9-26(24-36)10-14-28/h25-30H,1-24,35-36H2. The van der Waals surface area contributed by atoms with Crippen molar-refractivity contribution in [1.82, 2.24) is 19.9 Å². The van der Waals surface area contributed by atoms with Crippen molar-refractivity contribution in [2.45, 2.75) is 89.9 Å². The molecule has 3 aliphatic carbocycles. The predicted octanol–water partition coefficient (Wildman–Crippen LogP) is 2.31. The quantitative estimate of drug-likeness (QED) is 0.402. The Bertz CT molecular complexity index is 926. The smallest absolute Gasteiger partial charge is 0.328 e. The molecule has 0 radical (unpaired) electrons. The minimum absolute atomic E-state index is 0.102. The lowest BCUT2D eigenvalue weighted by molar-refractivity contribution is -0.204. The molecule has 2 heterocycles. The first kappa shape index (κ1) is 35.0. The lowest BCUT2D eigenvalue weighted by Gasteiger charge is -2.37. The van der Waals surface area contributed by atoms with Gasteiger partial charge in [-0.05, 0) is 102 Å². The summed E-state index contributed by atoms with van der Waals surface area (Å²) in [7, 11) is 0. The van der Waals surface area contributed by atoms with Crippen LogP contribution in [0.2, 0.25) is 0 Å². The van der Waals surface area contributed by atoms with E-state index in [1.807, 2.05) is 9.80 Å². The van der Waals surface area contributed by atoms with E-state index in [0.717, 1.165) is 64.2 Å². The van der Waals surface area contributed by atoms with Crippen molar-refractivity contribution in [2.75, 3.05) is 65.4 Å². The number of rotatable bonds is 8. The second-order valence-corrected chi connectivity index (χ2v) is 14.5. The van der Waals surface area contributed by atoms with E-state index >= 15 is 0 Å². The number of nitrogens with two attached hydrogens (primary N) is 2. The Balaban J connectivity index is 0.957. The molecule has 0 unspecified atom stereocenters. The fraction of sp³-hybridized carbons (Fsp3) is 0.882. The molecule has 12 heteroatoms. The molecule has 2 amide bonds. The van der Waals surface area contributed by atoms with Gasteiger partial charge in [0.1, 0.15) is 0 Å². The SMILES string of the molecule is NCC1CCC(C(=O)N2CCN(OC(=O)C3CCCC(C(=O)ON4CCN(C(=O)C5CCC(CN)CC5)CC4)CCC3)CC2)CC1. The molecule has 0 aromatic rings. The topological polar surface area (TPSA) is 152 Å². The van der Waals surface area contributed by atoms with Crippen molar-refractivity contribution < 1.29 is 28.9 Å². The van der Waals surface area contributed by atoms with Crippen LogP contribution in [0.25, 0.3) is 0 Å². The highest BCUT2D eigenvalue weighted by Crippen LogP contribution is 2.32. The van der Waals surface area contributed by atoms with Gasteiger partial charge in [0, 0.05) is 38.0 Å². The molecule has 0 aromatic carbocycles. The number of nitrogens with zero attached hydrogens (tertiary/aromatic N) is 4. The van der Waals surface area contributed by atoms with Gasteiger partial charge in [0.05, 0.1) is 38.0 Å². The van der Waals surface area contributed by atoms with Crippen LogP contribution < -0.4 is 11.5 Å². The first-order chi connectivity index (χ1) is 22.3. The summed E-state index contributed by atoms with van der Waals surface area (Å²) in [5.41, 5.74) is 11.6. The third kappa shape index (κ3) is 9.41. The number of hydrogen-bond acceptors (Lipinski definition) is 10. The largest absolute Gasteiger partial charge is 0.368 e. The Labute approximate surface area is 274 Å². The van der Waals surface area contributed by atoms with E-state index < -0.39 is 0 Å². The van der Waals surface area contributed by atoms with Crippen LogP contribution in [0.3, 0.4) is 0 Å². The maximum absolute atomic E-state index is 13.0. The van der Waals surface area contributed by atoms with E-state index in [1.165, 1.54) is 0 Å². The Hall–Kier alpha value is -2.28. The normalized spacial score (nSPS) is 32.2. The van der Waals surface area contributed by atoms with E-state index in [-0.39, 0.29) is 47.4 Å². The number of carbonyl (C=O) groups is 4. The number of hydrogen-bond donors (Lipinski definition) is 2. The third-order valence-corrected chi connectivity index (χ3v) is 11.5. The van der Waals surface area contributed by atoms with Gasteiger partial charge in [-0.15, -0.1) is 10.1 Å². The van der Waals surface area contributed by atoms with Crippen molar-refractivity contribution in [1.29, 1.82) is 0 Å². The van der Waals surface area contributed by atoms with Crippen LogP contribution in [0.5, 0.6) is 0 Å². The molecular formula is C34H58N6O6. The Kier molecular flexibility index (Phi) is 13.1. The molecule has 5 fully saturated rings. The molecule has 4 N–H and O–H groups in total. The van der Waals surface area contributed by atoms with Crippen molar-refractivity contribution >= 4 is 23.8 Å². The summed E-state index contributed by atoms with van der Waals surface area (Å²) in [5, 5.41) is 3.44.